The van der Waals surface area contributed by atoms with E-state index in [0.717, 1.165) is 30.2 Å². The lowest BCUT2D eigenvalue weighted by molar-refractivity contribution is 0.480. The van der Waals surface area contributed by atoms with Crippen molar-refractivity contribution in [2.75, 3.05) is 6.54 Å². The number of nitrogens with one attached hydrogen (secondary N) is 1. The zero-order valence-electron chi connectivity index (χ0n) is 11.7. The molecule has 1 unspecified atom stereocenters. The SMILES string of the molecule is CCCNC(c1ccncc1C)c1cccc(F)c1F. The molecule has 0 saturated heterocycles. The Morgan fingerprint density at radius 1 is 1.20 bits per heavy atom. The summed E-state index contributed by atoms with van der Waals surface area (Å²) in [5.74, 6) is -1.62. The van der Waals surface area contributed by atoms with E-state index < -0.39 is 11.6 Å². The molecule has 2 aromatic rings. The number of halogens is 2. The maximum absolute atomic E-state index is 14.1. The van der Waals surface area contributed by atoms with Crippen molar-refractivity contribution in [3.8, 4) is 0 Å². The van der Waals surface area contributed by atoms with E-state index in [1.807, 2.05) is 19.9 Å². The molecule has 0 fully saturated rings. The fourth-order valence-corrected chi connectivity index (χ4v) is 2.23. The lowest BCUT2D eigenvalue weighted by Gasteiger charge is -2.21. The molecule has 0 aliphatic carbocycles. The van der Waals surface area contributed by atoms with Crippen molar-refractivity contribution >= 4 is 0 Å². The van der Waals surface area contributed by atoms with Crippen LogP contribution < -0.4 is 5.32 Å². The summed E-state index contributed by atoms with van der Waals surface area (Å²) in [6.07, 6.45) is 4.31. The van der Waals surface area contributed by atoms with Gasteiger partial charge >= 0.3 is 0 Å². The van der Waals surface area contributed by atoms with Gasteiger partial charge in [0, 0.05) is 18.0 Å². The van der Waals surface area contributed by atoms with Crippen molar-refractivity contribution in [2.24, 2.45) is 0 Å². The number of aromatic nitrogens is 1. The van der Waals surface area contributed by atoms with E-state index in [4.69, 9.17) is 0 Å². The number of hydrogen-bond acceptors (Lipinski definition) is 2. The van der Waals surface area contributed by atoms with Crippen molar-refractivity contribution in [2.45, 2.75) is 26.3 Å². The highest BCUT2D eigenvalue weighted by Gasteiger charge is 2.20. The Morgan fingerprint density at radius 2 is 2.00 bits per heavy atom. The molecule has 1 aromatic carbocycles. The maximum Gasteiger partial charge on any atom is 0.163 e. The zero-order chi connectivity index (χ0) is 14.5. The van der Waals surface area contributed by atoms with Gasteiger partial charge in [-0.2, -0.15) is 0 Å². The van der Waals surface area contributed by atoms with E-state index in [0.29, 0.717) is 5.56 Å². The average Bonchev–Trinajstić information content (AvgIpc) is 2.45. The number of nitrogens with zero attached hydrogens (tertiary/aromatic N) is 1. The first-order valence-corrected chi connectivity index (χ1v) is 6.73. The molecule has 0 spiro atoms. The van der Waals surface area contributed by atoms with Crippen LogP contribution in [0, 0.1) is 18.6 Å². The number of aryl methyl sites for hydroxylation is 1. The summed E-state index contributed by atoms with van der Waals surface area (Å²) in [5.41, 5.74) is 2.19. The van der Waals surface area contributed by atoms with Gasteiger partial charge in [-0.3, -0.25) is 4.98 Å². The van der Waals surface area contributed by atoms with Crippen LogP contribution in [0.25, 0.3) is 0 Å². The van der Waals surface area contributed by atoms with Gasteiger partial charge in [-0.25, -0.2) is 8.78 Å². The van der Waals surface area contributed by atoms with E-state index in [2.05, 4.69) is 10.3 Å². The summed E-state index contributed by atoms with van der Waals surface area (Å²) in [4.78, 5) is 4.05. The molecule has 2 rings (SSSR count). The normalized spacial score (nSPS) is 12.4. The summed E-state index contributed by atoms with van der Waals surface area (Å²) in [5, 5.41) is 3.28. The number of benzene rings is 1. The van der Waals surface area contributed by atoms with Gasteiger partial charge in [0.15, 0.2) is 11.6 Å². The van der Waals surface area contributed by atoms with Crippen molar-refractivity contribution in [3.63, 3.8) is 0 Å². The highest BCUT2D eigenvalue weighted by Crippen LogP contribution is 2.27. The molecule has 0 aliphatic rings. The van der Waals surface area contributed by atoms with Crippen molar-refractivity contribution in [1.82, 2.24) is 10.3 Å². The minimum atomic E-state index is -0.822. The van der Waals surface area contributed by atoms with Crippen LogP contribution in [0.5, 0.6) is 0 Å². The first-order chi connectivity index (χ1) is 9.65. The quantitative estimate of drug-likeness (QED) is 0.899. The smallest absolute Gasteiger partial charge is 0.163 e. The van der Waals surface area contributed by atoms with E-state index in [1.54, 1.807) is 18.5 Å². The Hall–Kier alpha value is -1.81. The fraction of sp³-hybridized carbons (Fsp3) is 0.312. The second-order valence-electron chi connectivity index (χ2n) is 4.76. The Bertz CT molecular complexity index is 584. The van der Waals surface area contributed by atoms with Crippen LogP contribution >= 0.6 is 0 Å². The molecule has 1 atom stereocenters. The zero-order valence-corrected chi connectivity index (χ0v) is 11.7. The second-order valence-corrected chi connectivity index (χ2v) is 4.76. The first-order valence-electron chi connectivity index (χ1n) is 6.73. The second kappa shape index (κ2) is 6.57. The van der Waals surface area contributed by atoms with Gasteiger partial charge in [0.2, 0.25) is 0 Å². The predicted molar refractivity (Wildman–Crippen MR) is 75.5 cm³/mol. The summed E-state index contributed by atoms with van der Waals surface area (Å²) in [7, 11) is 0. The molecule has 0 radical (unpaired) electrons. The molecule has 4 heteroatoms. The van der Waals surface area contributed by atoms with Crippen LogP contribution in [0.3, 0.4) is 0 Å². The monoisotopic (exact) mass is 276 g/mol. The molecule has 1 aromatic heterocycles. The lowest BCUT2D eigenvalue weighted by Crippen LogP contribution is -2.25. The van der Waals surface area contributed by atoms with Gasteiger partial charge in [-0.1, -0.05) is 19.1 Å². The summed E-state index contributed by atoms with van der Waals surface area (Å²) < 4.78 is 27.5. The molecule has 1 heterocycles. The van der Waals surface area contributed by atoms with Crippen LogP contribution in [-0.2, 0) is 0 Å². The molecule has 2 nitrogen and oxygen atoms in total. The van der Waals surface area contributed by atoms with Gasteiger partial charge in [-0.05, 0) is 43.1 Å². The van der Waals surface area contributed by atoms with Crippen molar-refractivity contribution in [1.29, 1.82) is 0 Å². The molecule has 20 heavy (non-hydrogen) atoms. The Morgan fingerprint density at radius 3 is 2.70 bits per heavy atom. The third-order valence-corrected chi connectivity index (χ3v) is 3.27. The molecular weight excluding hydrogens is 258 g/mol. The first kappa shape index (κ1) is 14.6. The molecule has 0 saturated carbocycles. The van der Waals surface area contributed by atoms with Crippen LogP contribution in [-0.4, -0.2) is 11.5 Å². The number of pyridine rings is 1. The molecule has 0 bridgehead atoms. The Kier molecular flexibility index (Phi) is 4.79. The average molecular weight is 276 g/mol. The van der Waals surface area contributed by atoms with Gasteiger partial charge in [0.25, 0.3) is 0 Å². The van der Waals surface area contributed by atoms with Crippen LogP contribution in [0.1, 0.15) is 36.1 Å². The summed E-state index contributed by atoms with van der Waals surface area (Å²) in [6, 6.07) is 5.76. The molecular formula is C16H18F2N2. The van der Waals surface area contributed by atoms with Crippen LogP contribution in [0.15, 0.2) is 36.7 Å². The van der Waals surface area contributed by atoms with E-state index in [9.17, 15) is 8.78 Å². The number of rotatable bonds is 5. The maximum atomic E-state index is 14.1. The lowest BCUT2D eigenvalue weighted by atomic mass is 9.95. The fourth-order valence-electron chi connectivity index (χ4n) is 2.23. The predicted octanol–water partition coefficient (Wildman–Crippen LogP) is 3.76. The van der Waals surface area contributed by atoms with Crippen molar-refractivity contribution < 1.29 is 8.78 Å². The van der Waals surface area contributed by atoms with Crippen LogP contribution in [0.4, 0.5) is 8.78 Å². The molecule has 1 N–H and O–H groups in total. The van der Waals surface area contributed by atoms with E-state index in [-0.39, 0.29) is 6.04 Å². The Labute approximate surface area is 117 Å². The standard InChI is InChI=1S/C16H18F2N2/c1-3-8-20-16(12-7-9-19-10-11(12)2)13-5-4-6-14(17)15(13)18/h4-7,9-10,16,20H,3,8H2,1-2H3. The summed E-state index contributed by atoms with van der Waals surface area (Å²) >= 11 is 0. The molecule has 0 amide bonds. The topological polar surface area (TPSA) is 24.9 Å². The van der Waals surface area contributed by atoms with E-state index >= 15 is 0 Å². The third-order valence-electron chi connectivity index (χ3n) is 3.27. The largest absolute Gasteiger partial charge is 0.306 e. The molecule has 106 valence electrons. The van der Waals surface area contributed by atoms with Gasteiger partial charge in [0.1, 0.15) is 0 Å². The highest BCUT2D eigenvalue weighted by atomic mass is 19.2. The van der Waals surface area contributed by atoms with E-state index in [1.165, 1.54) is 6.07 Å². The highest BCUT2D eigenvalue weighted by molar-refractivity contribution is 5.36. The minimum Gasteiger partial charge on any atom is -0.306 e. The third kappa shape index (κ3) is 3.02. The number of hydrogen-bond donors (Lipinski definition) is 1. The minimum absolute atomic E-state index is 0.327. The Balaban J connectivity index is 2.47. The van der Waals surface area contributed by atoms with Gasteiger partial charge in [0.05, 0.1) is 6.04 Å². The van der Waals surface area contributed by atoms with Gasteiger partial charge < -0.3 is 5.32 Å². The van der Waals surface area contributed by atoms with Crippen LogP contribution in [0.2, 0.25) is 0 Å². The summed E-state index contributed by atoms with van der Waals surface area (Å²) in [6.45, 7) is 4.67. The molecule has 0 aliphatic heterocycles. The van der Waals surface area contributed by atoms with Gasteiger partial charge in [-0.15, -0.1) is 0 Å². The van der Waals surface area contributed by atoms with Crippen molar-refractivity contribution in [3.05, 3.63) is 65.0 Å².